The lowest BCUT2D eigenvalue weighted by Crippen LogP contribution is -2.08. The number of rotatable bonds is 14. The van der Waals surface area contributed by atoms with Gasteiger partial charge in [0.1, 0.15) is 5.75 Å². The molecule has 2 heteroatoms. The summed E-state index contributed by atoms with van der Waals surface area (Å²) in [4.78, 5) is 12.4. The predicted molar refractivity (Wildman–Crippen MR) is 123 cm³/mol. The fourth-order valence-electron chi connectivity index (χ4n) is 3.56. The van der Waals surface area contributed by atoms with E-state index in [-0.39, 0.29) is 5.97 Å². The van der Waals surface area contributed by atoms with Crippen molar-refractivity contribution in [2.45, 2.75) is 90.9 Å². The average molecular weight is 395 g/mol. The van der Waals surface area contributed by atoms with Gasteiger partial charge in [0, 0.05) is 0 Å². The van der Waals surface area contributed by atoms with Gasteiger partial charge in [0.2, 0.25) is 0 Å². The maximum Gasteiger partial charge on any atom is 0.343 e. The molecule has 2 aromatic rings. The zero-order valence-electron chi connectivity index (χ0n) is 18.4. The minimum Gasteiger partial charge on any atom is -0.423 e. The number of hydrogen-bond donors (Lipinski definition) is 0. The number of unbranched alkanes of at least 4 members (excludes halogenated alkanes) is 8. The lowest BCUT2D eigenvalue weighted by atomic mass is 10.0. The summed E-state index contributed by atoms with van der Waals surface area (Å²) in [7, 11) is 0. The summed E-state index contributed by atoms with van der Waals surface area (Å²) >= 11 is 0. The van der Waals surface area contributed by atoms with Crippen molar-refractivity contribution in [3.8, 4) is 5.75 Å². The molecule has 0 aliphatic heterocycles. The van der Waals surface area contributed by atoms with Crippen LogP contribution >= 0.6 is 0 Å². The number of ether oxygens (including phenoxy) is 1. The second-order valence-electron chi connectivity index (χ2n) is 8.06. The number of hydrogen-bond acceptors (Lipinski definition) is 2. The van der Waals surface area contributed by atoms with Crippen LogP contribution in [0.1, 0.15) is 99.5 Å². The highest BCUT2D eigenvalue weighted by atomic mass is 16.5. The van der Waals surface area contributed by atoms with Crippen molar-refractivity contribution in [1.29, 1.82) is 0 Å². The van der Waals surface area contributed by atoms with E-state index in [9.17, 15) is 4.79 Å². The summed E-state index contributed by atoms with van der Waals surface area (Å²) in [6, 6.07) is 15.8. The van der Waals surface area contributed by atoms with Crippen LogP contribution in [0.3, 0.4) is 0 Å². The second-order valence-corrected chi connectivity index (χ2v) is 8.06. The van der Waals surface area contributed by atoms with E-state index in [1.807, 2.05) is 36.4 Å². The first-order valence-electron chi connectivity index (χ1n) is 11.6. The van der Waals surface area contributed by atoms with Crippen molar-refractivity contribution in [2.24, 2.45) is 0 Å². The van der Waals surface area contributed by atoms with Crippen LogP contribution in [-0.4, -0.2) is 5.97 Å². The molecular weight excluding hydrogens is 356 g/mol. The average Bonchev–Trinajstić information content (AvgIpc) is 2.75. The Balaban J connectivity index is 1.74. The monoisotopic (exact) mass is 394 g/mol. The third kappa shape index (κ3) is 9.30. The molecule has 2 nitrogen and oxygen atoms in total. The Morgan fingerprint density at radius 1 is 0.621 bits per heavy atom. The maximum atomic E-state index is 12.4. The summed E-state index contributed by atoms with van der Waals surface area (Å²) in [5.74, 6) is 0.330. The quantitative estimate of drug-likeness (QED) is 0.185. The van der Waals surface area contributed by atoms with Crippen LogP contribution in [0, 0.1) is 0 Å². The third-order valence-electron chi connectivity index (χ3n) is 5.46. The fraction of sp³-hybridized carbons (Fsp3) is 0.519. The Morgan fingerprint density at radius 3 is 1.62 bits per heavy atom. The molecule has 0 radical (unpaired) electrons. The van der Waals surface area contributed by atoms with Crippen LogP contribution in [0.25, 0.3) is 0 Å². The van der Waals surface area contributed by atoms with Crippen molar-refractivity contribution in [2.75, 3.05) is 0 Å². The SMILES string of the molecule is CCCCCCCCc1ccc(OC(=O)c2ccc(CCCCCC)cc2)cc1. The number of carbonyl (C=O) groups is 1. The van der Waals surface area contributed by atoms with Gasteiger partial charge in [-0.1, -0.05) is 89.5 Å². The molecular formula is C27H38O2. The third-order valence-corrected chi connectivity index (χ3v) is 5.46. The normalized spacial score (nSPS) is 10.8. The second kappa shape index (κ2) is 14.0. The molecule has 0 saturated heterocycles. The highest BCUT2D eigenvalue weighted by Crippen LogP contribution is 2.17. The van der Waals surface area contributed by atoms with Crippen molar-refractivity contribution in [1.82, 2.24) is 0 Å². The summed E-state index contributed by atoms with van der Waals surface area (Å²) in [5, 5.41) is 0. The molecule has 0 aliphatic rings. The standard InChI is InChI=1S/C27H38O2/c1-3-5-7-9-10-12-14-24-17-21-26(22-18-24)29-27(28)25-19-15-23(16-20-25)13-11-8-6-4-2/h15-22H,3-14H2,1-2H3. The smallest absolute Gasteiger partial charge is 0.343 e. The van der Waals surface area contributed by atoms with Gasteiger partial charge in [0.05, 0.1) is 5.56 Å². The highest BCUT2D eigenvalue weighted by molar-refractivity contribution is 5.91. The fourth-order valence-corrected chi connectivity index (χ4v) is 3.56. The number of aryl methyl sites for hydroxylation is 2. The van der Waals surface area contributed by atoms with Gasteiger partial charge in [-0.2, -0.15) is 0 Å². The molecule has 0 heterocycles. The van der Waals surface area contributed by atoms with Gasteiger partial charge in [0.15, 0.2) is 0 Å². The topological polar surface area (TPSA) is 26.3 Å². The highest BCUT2D eigenvalue weighted by Gasteiger charge is 2.08. The molecule has 0 amide bonds. The summed E-state index contributed by atoms with van der Waals surface area (Å²) in [5.41, 5.74) is 3.21. The van der Waals surface area contributed by atoms with Crippen LogP contribution in [0.4, 0.5) is 0 Å². The van der Waals surface area contributed by atoms with Crippen molar-refractivity contribution in [3.63, 3.8) is 0 Å². The molecule has 158 valence electrons. The van der Waals surface area contributed by atoms with Gasteiger partial charge < -0.3 is 4.74 Å². The number of benzene rings is 2. The molecule has 29 heavy (non-hydrogen) atoms. The van der Waals surface area contributed by atoms with Crippen LogP contribution in [0.5, 0.6) is 5.75 Å². The molecule has 0 atom stereocenters. The molecule has 0 bridgehead atoms. The van der Waals surface area contributed by atoms with E-state index in [1.165, 1.54) is 75.3 Å². The minimum absolute atomic E-state index is 0.286. The Bertz CT molecular complexity index is 685. The largest absolute Gasteiger partial charge is 0.423 e. The Labute approximate surface area is 177 Å². The van der Waals surface area contributed by atoms with E-state index < -0.39 is 0 Å². The number of esters is 1. The molecule has 0 spiro atoms. The Kier molecular flexibility index (Phi) is 11.2. The summed E-state index contributed by atoms with van der Waals surface area (Å²) in [6.07, 6.45) is 15.1. The molecule has 0 N–H and O–H groups in total. The maximum absolute atomic E-state index is 12.4. The van der Waals surface area contributed by atoms with Crippen molar-refractivity contribution in [3.05, 3.63) is 65.2 Å². The van der Waals surface area contributed by atoms with E-state index in [0.29, 0.717) is 11.3 Å². The van der Waals surface area contributed by atoms with Gasteiger partial charge in [-0.15, -0.1) is 0 Å². The van der Waals surface area contributed by atoms with Crippen LogP contribution in [0.2, 0.25) is 0 Å². The van der Waals surface area contributed by atoms with E-state index in [1.54, 1.807) is 0 Å². The van der Waals surface area contributed by atoms with Crippen LogP contribution in [-0.2, 0) is 12.8 Å². The number of carbonyl (C=O) groups excluding carboxylic acids is 1. The van der Waals surface area contributed by atoms with Crippen molar-refractivity contribution < 1.29 is 9.53 Å². The first-order valence-corrected chi connectivity index (χ1v) is 11.6. The minimum atomic E-state index is -0.286. The van der Waals surface area contributed by atoms with E-state index in [2.05, 4.69) is 26.0 Å². The van der Waals surface area contributed by atoms with Gasteiger partial charge in [-0.3, -0.25) is 0 Å². The zero-order chi connectivity index (χ0) is 20.7. The van der Waals surface area contributed by atoms with Crippen LogP contribution in [0.15, 0.2) is 48.5 Å². The van der Waals surface area contributed by atoms with Gasteiger partial charge in [-0.25, -0.2) is 4.79 Å². The van der Waals surface area contributed by atoms with Gasteiger partial charge >= 0.3 is 5.97 Å². The van der Waals surface area contributed by atoms with Gasteiger partial charge in [-0.05, 0) is 61.1 Å². The molecule has 0 unspecified atom stereocenters. The Hall–Kier alpha value is -2.09. The molecule has 0 fully saturated rings. The van der Waals surface area contributed by atoms with E-state index >= 15 is 0 Å². The zero-order valence-corrected chi connectivity index (χ0v) is 18.4. The molecule has 0 aromatic heterocycles. The molecule has 2 rings (SSSR count). The summed E-state index contributed by atoms with van der Waals surface area (Å²) < 4.78 is 5.54. The van der Waals surface area contributed by atoms with E-state index in [0.717, 1.165) is 12.8 Å². The Morgan fingerprint density at radius 2 is 1.07 bits per heavy atom. The molecule has 0 saturated carbocycles. The van der Waals surface area contributed by atoms with Gasteiger partial charge in [0.25, 0.3) is 0 Å². The predicted octanol–water partition coefficient (Wildman–Crippen LogP) is 7.93. The lowest BCUT2D eigenvalue weighted by Gasteiger charge is -2.07. The molecule has 0 aliphatic carbocycles. The summed E-state index contributed by atoms with van der Waals surface area (Å²) in [6.45, 7) is 4.47. The molecule has 2 aromatic carbocycles. The van der Waals surface area contributed by atoms with E-state index in [4.69, 9.17) is 4.74 Å². The first-order chi connectivity index (χ1) is 14.2. The van der Waals surface area contributed by atoms with Crippen molar-refractivity contribution >= 4 is 5.97 Å². The first kappa shape index (κ1) is 23.2. The van der Waals surface area contributed by atoms with Crippen LogP contribution < -0.4 is 4.74 Å². The lowest BCUT2D eigenvalue weighted by molar-refractivity contribution is 0.0734.